The maximum absolute atomic E-state index is 11.2. The molecule has 0 radical (unpaired) electrons. The first kappa shape index (κ1) is 13.2. The molecule has 0 aliphatic carbocycles. The molecule has 1 saturated heterocycles. The van der Waals surface area contributed by atoms with Gasteiger partial charge in [0.25, 0.3) is 0 Å². The number of carbonyl (C=O) groups excluding carboxylic acids is 1. The van der Waals surface area contributed by atoms with Crippen molar-refractivity contribution in [3.8, 4) is 0 Å². The molecule has 0 N–H and O–H groups in total. The van der Waals surface area contributed by atoms with E-state index >= 15 is 0 Å². The first-order valence-corrected chi connectivity index (χ1v) is 6.51. The van der Waals surface area contributed by atoms with Crippen molar-refractivity contribution in [1.29, 1.82) is 0 Å². The number of hydrogen-bond acceptors (Lipinski definition) is 3. The van der Waals surface area contributed by atoms with Gasteiger partial charge < -0.3 is 4.74 Å². The largest absolute Gasteiger partial charge is 0.378 e. The van der Waals surface area contributed by atoms with Crippen LogP contribution < -0.4 is 0 Å². The zero-order chi connectivity index (χ0) is 13.1. The maximum atomic E-state index is 11.2. The van der Waals surface area contributed by atoms with Gasteiger partial charge in [-0.3, -0.25) is 9.69 Å². The summed E-state index contributed by atoms with van der Waals surface area (Å²) in [6.45, 7) is 8.51. The second-order valence-corrected chi connectivity index (χ2v) is 5.16. The number of rotatable bonds is 3. The number of Topliss-reactive ketones (excluding diaryl/α,β-unsaturated/α-hetero) is 1. The number of nitrogens with zero attached hydrogens (tertiary/aromatic N) is 1. The van der Waals surface area contributed by atoms with Crippen molar-refractivity contribution in [3.63, 3.8) is 0 Å². The average Bonchev–Trinajstić information content (AvgIpc) is 2.34. The van der Waals surface area contributed by atoms with Gasteiger partial charge in [0.1, 0.15) is 0 Å². The van der Waals surface area contributed by atoms with Gasteiger partial charge in [0.05, 0.1) is 13.2 Å². The van der Waals surface area contributed by atoms with E-state index in [1.807, 2.05) is 24.3 Å². The summed E-state index contributed by atoms with van der Waals surface area (Å²) in [7, 11) is 0. The van der Waals surface area contributed by atoms with E-state index in [9.17, 15) is 4.79 Å². The van der Waals surface area contributed by atoms with Crippen LogP contribution in [0, 0.1) is 0 Å². The van der Waals surface area contributed by atoms with Crippen LogP contribution in [0.4, 0.5) is 0 Å². The van der Waals surface area contributed by atoms with Gasteiger partial charge in [0.15, 0.2) is 5.78 Å². The highest BCUT2D eigenvalue weighted by atomic mass is 16.5. The highest BCUT2D eigenvalue weighted by molar-refractivity contribution is 5.93. The van der Waals surface area contributed by atoms with Crippen LogP contribution in [0.3, 0.4) is 0 Å². The molecule has 3 nitrogen and oxygen atoms in total. The highest BCUT2D eigenvalue weighted by Gasteiger charge is 2.25. The molecule has 0 aromatic heterocycles. The first-order chi connectivity index (χ1) is 8.58. The Labute approximate surface area is 109 Å². The third kappa shape index (κ3) is 2.98. The Morgan fingerprint density at radius 1 is 1.22 bits per heavy atom. The van der Waals surface area contributed by atoms with Crippen LogP contribution in [-0.4, -0.2) is 36.0 Å². The molecule has 0 spiro atoms. The van der Waals surface area contributed by atoms with Crippen LogP contribution >= 0.6 is 0 Å². The van der Waals surface area contributed by atoms with E-state index in [-0.39, 0.29) is 5.78 Å². The van der Waals surface area contributed by atoms with Gasteiger partial charge in [-0.25, -0.2) is 0 Å². The summed E-state index contributed by atoms with van der Waals surface area (Å²) in [5, 5.41) is 0. The number of morpholine rings is 1. The Kier molecular flexibility index (Phi) is 4.15. The van der Waals surface area contributed by atoms with E-state index in [1.54, 1.807) is 6.92 Å². The van der Waals surface area contributed by atoms with Crippen LogP contribution in [0.25, 0.3) is 0 Å². The topological polar surface area (TPSA) is 29.5 Å². The predicted octanol–water partition coefficient (Wildman–Crippen LogP) is 2.50. The van der Waals surface area contributed by atoms with Crippen molar-refractivity contribution < 1.29 is 9.53 Å². The minimum absolute atomic E-state index is 0.120. The Balaban J connectivity index is 2.06. The molecule has 1 heterocycles. The third-order valence-electron chi connectivity index (χ3n) is 3.58. The van der Waals surface area contributed by atoms with E-state index in [1.165, 1.54) is 5.56 Å². The van der Waals surface area contributed by atoms with E-state index < -0.39 is 0 Å². The normalized spacial score (nSPS) is 25.1. The van der Waals surface area contributed by atoms with E-state index in [4.69, 9.17) is 4.74 Å². The predicted molar refractivity (Wildman–Crippen MR) is 71.7 cm³/mol. The quantitative estimate of drug-likeness (QED) is 0.769. The van der Waals surface area contributed by atoms with Crippen LogP contribution in [0.15, 0.2) is 24.3 Å². The summed E-state index contributed by atoms with van der Waals surface area (Å²) in [4.78, 5) is 13.7. The number of benzene rings is 1. The standard InChI is InChI=1S/C15H21NO2/c1-11-9-18-10-12(2)16(11)8-14-4-6-15(7-5-14)13(3)17/h4-7,11-12H,8-10H2,1-3H3/t11-,12-/m0/s1. The summed E-state index contributed by atoms with van der Waals surface area (Å²) < 4.78 is 5.53. The molecule has 0 amide bonds. The number of hydrogen-bond donors (Lipinski definition) is 0. The average molecular weight is 247 g/mol. The lowest BCUT2D eigenvalue weighted by Gasteiger charge is -2.38. The maximum Gasteiger partial charge on any atom is 0.159 e. The van der Waals surface area contributed by atoms with E-state index in [0.29, 0.717) is 12.1 Å². The Morgan fingerprint density at radius 2 is 1.78 bits per heavy atom. The highest BCUT2D eigenvalue weighted by Crippen LogP contribution is 2.17. The van der Waals surface area contributed by atoms with E-state index in [2.05, 4.69) is 18.7 Å². The summed E-state index contributed by atoms with van der Waals surface area (Å²) in [6, 6.07) is 8.81. The Morgan fingerprint density at radius 3 is 2.28 bits per heavy atom. The summed E-state index contributed by atoms with van der Waals surface area (Å²) >= 11 is 0. The summed E-state index contributed by atoms with van der Waals surface area (Å²) in [6.07, 6.45) is 0. The molecule has 0 bridgehead atoms. The van der Waals surface area contributed by atoms with Crippen molar-refractivity contribution in [2.75, 3.05) is 13.2 Å². The second kappa shape index (κ2) is 5.63. The molecule has 1 aliphatic heterocycles. The Hall–Kier alpha value is -1.19. The molecule has 2 atom stereocenters. The number of ether oxygens (including phenoxy) is 1. The molecule has 98 valence electrons. The Bertz CT molecular complexity index is 403. The van der Waals surface area contributed by atoms with Crippen LogP contribution in [-0.2, 0) is 11.3 Å². The van der Waals surface area contributed by atoms with Crippen LogP contribution in [0.1, 0.15) is 36.7 Å². The fraction of sp³-hybridized carbons (Fsp3) is 0.533. The molecule has 1 aromatic carbocycles. The van der Waals surface area contributed by atoms with Gasteiger partial charge in [0, 0.05) is 24.2 Å². The molecule has 2 rings (SSSR count). The lowest BCUT2D eigenvalue weighted by molar-refractivity contribution is -0.0409. The first-order valence-electron chi connectivity index (χ1n) is 6.51. The minimum Gasteiger partial charge on any atom is -0.378 e. The number of ketones is 1. The summed E-state index contributed by atoms with van der Waals surface area (Å²) in [5.41, 5.74) is 2.03. The summed E-state index contributed by atoms with van der Waals surface area (Å²) in [5.74, 6) is 0.120. The fourth-order valence-corrected chi connectivity index (χ4v) is 2.40. The van der Waals surface area contributed by atoms with Crippen molar-refractivity contribution in [2.24, 2.45) is 0 Å². The number of carbonyl (C=O) groups is 1. The molecular formula is C15H21NO2. The van der Waals surface area contributed by atoms with Crippen molar-refractivity contribution in [3.05, 3.63) is 35.4 Å². The molecule has 1 fully saturated rings. The smallest absolute Gasteiger partial charge is 0.159 e. The fourth-order valence-electron chi connectivity index (χ4n) is 2.40. The van der Waals surface area contributed by atoms with Crippen molar-refractivity contribution >= 4 is 5.78 Å². The third-order valence-corrected chi connectivity index (χ3v) is 3.58. The molecule has 0 unspecified atom stereocenters. The SMILES string of the molecule is CC(=O)c1ccc(CN2[C@@H](C)COC[C@@H]2C)cc1. The molecule has 3 heteroatoms. The van der Waals surface area contributed by atoms with Crippen molar-refractivity contribution in [1.82, 2.24) is 4.90 Å². The molecule has 1 aromatic rings. The van der Waals surface area contributed by atoms with Gasteiger partial charge in [0.2, 0.25) is 0 Å². The monoisotopic (exact) mass is 247 g/mol. The van der Waals surface area contributed by atoms with Gasteiger partial charge in [-0.15, -0.1) is 0 Å². The second-order valence-electron chi connectivity index (χ2n) is 5.16. The molecular weight excluding hydrogens is 226 g/mol. The van der Waals surface area contributed by atoms with Crippen LogP contribution in [0.2, 0.25) is 0 Å². The van der Waals surface area contributed by atoms with Gasteiger partial charge in [-0.2, -0.15) is 0 Å². The lowest BCUT2D eigenvalue weighted by Crippen LogP contribution is -2.48. The zero-order valence-electron chi connectivity index (χ0n) is 11.3. The van der Waals surface area contributed by atoms with Crippen molar-refractivity contribution in [2.45, 2.75) is 39.4 Å². The lowest BCUT2D eigenvalue weighted by atomic mass is 10.1. The zero-order valence-corrected chi connectivity index (χ0v) is 11.3. The minimum atomic E-state index is 0.120. The van der Waals surface area contributed by atoms with E-state index in [0.717, 1.165) is 25.3 Å². The molecule has 0 saturated carbocycles. The van der Waals surface area contributed by atoms with Gasteiger partial charge in [-0.05, 0) is 26.3 Å². The van der Waals surface area contributed by atoms with Gasteiger partial charge in [-0.1, -0.05) is 24.3 Å². The molecule has 1 aliphatic rings. The van der Waals surface area contributed by atoms with Gasteiger partial charge >= 0.3 is 0 Å². The van der Waals surface area contributed by atoms with Crippen LogP contribution in [0.5, 0.6) is 0 Å². The molecule has 18 heavy (non-hydrogen) atoms.